The normalized spacial score (nSPS) is 21.7. The van der Waals surface area contributed by atoms with Crippen molar-refractivity contribution in [3.8, 4) is 0 Å². The van der Waals surface area contributed by atoms with Gasteiger partial charge in [0.15, 0.2) is 9.84 Å². The van der Waals surface area contributed by atoms with Gasteiger partial charge in [-0.1, -0.05) is 36.4 Å². The van der Waals surface area contributed by atoms with Crippen LogP contribution in [-0.2, 0) is 9.84 Å². The maximum atomic E-state index is 12.6. The number of hydrogen-bond donors (Lipinski definition) is 0. The SMILES string of the molecule is Cc1cccc(C)c1C1CC1S(=O)(=O)c1ccccc1. The van der Waals surface area contributed by atoms with E-state index in [0.717, 1.165) is 6.42 Å². The van der Waals surface area contributed by atoms with Crippen molar-refractivity contribution in [3.05, 3.63) is 65.2 Å². The molecule has 0 radical (unpaired) electrons. The molecule has 0 bridgehead atoms. The number of sulfone groups is 1. The molecule has 1 aliphatic rings. The van der Waals surface area contributed by atoms with Gasteiger partial charge in [-0.25, -0.2) is 8.42 Å². The van der Waals surface area contributed by atoms with Crippen LogP contribution in [-0.4, -0.2) is 13.7 Å². The molecule has 0 aliphatic heterocycles. The smallest absolute Gasteiger partial charge is 0.181 e. The largest absolute Gasteiger partial charge is 0.223 e. The van der Waals surface area contributed by atoms with Crippen LogP contribution in [0.2, 0.25) is 0 Å². The summed E-state index contributed by atoms with van der Waals surface area (Å²) in [7, 11) is -3.20. The van der Waals surface area contributed by atoms with Crippen molar-refractivity contribution in [1.29, 1.82) is 0 Å². The predicted octanol–water partition coefficient (Wildman–Crippen LogP) is 3.63. The van der Waals surface area contributed by atoms with E-state index in [-0.39, 0.29) is 11.2 Å². The molecule has 3 heteroatoms. The summed E-state index contributed by atoms with van der Waals surface area (Å²) in [5, 5.41) is -0.260. The third-order valence-corrected chi connectivity index (χ3v) is 6.36. The Labute approximate surface area is 120 Å². The van der Waals surface area contributed by atoms with E-state index in [1.807, 2.05) is 12.1 Å². The van der Waals surface area contributed by atoms with Crippen LogP contribution in [0, 0.1) is 13.8 Å². The van der Waals surface area contributed by atoms with E-state index in [0.29, 0.717) is 4.90 Å². The molecule has 2 nitrogen and oxygen atoms in total. The van der Waals surface area contributed by atoms with E-state index in [1.165, 1.54) is 16.7 Å². The molecule has 104 valence electrons. The zero-order chi connectivity index (χ0) is 14.3. The Kier molecular flexibility index (Phi) is 3.17. The average molecular weight is 286 g/mol. The van der Waals surface area contributed by atoms with Crippen LogP contribution in [0.5, 0.6) is 0 Å². The zero-order valence-electron chi connectivity index (χ0n) is 11.7. The number of benzene rings is 2. The van der Waals surface area contributed by atoms with Crippen LogP contribution in [0.1, 0.15) is 29.0 Å². The number of hydrogen-bond acceptors (Lipinski definition) is 2. The third kappa shape index (κ3) is 2.16. The van der Waals surface area contributed by atoms with E-state index < -0.39 is 9.84 Å². The Bertz CT molecular complexity index is 713. The van der Waals surface area contributed by atoms with Crippen molar-refractivity contribution in [2.75, 3.05) is 0 Å². The van der Waals surface area contributed by atoms with Crippen LogP contribution in [0.4, 0.5) is 0 Å². The van der Waals surface area contributed by atoms with Gasteiger partial charge in [-0.3, -0.25) is 0 Å². The first-order valence-electron chi connectivity index (χ1n) is 6.87. The highest BCUT2D eigenvalue weighted by molar-refractivity contribution is 7.92. The summed E-state index contributed by atoms with van der Waals surface area (Å²) in [4.78, 5) is 0.443. The van der Waals surface area contributed by atoms with E-state index in [9.17, 15) is 8.42 Å². The van der Waals surface area contributed by atoms with Crippen LogP contribution in [0.3, 0.4) is 0 Å². The van der Waals surface area contributed by atoms with Crippen LogP contribution in [0.25, 0.3) is 0 Å². The molecule has 20 heavy (non-hydrogen) atoms. The molecule has 2 atom stereocenters. The van der Waals surface area contributed by atoms with E-state index in [2.05, 4.69) is 26.0 Å². The minimum absolute atomic E-state index is 0.154. The molecule has 2 aromatic carbocycles. The maximum absolute atomic E-state index is 12.6. The number of rotatable bonds is 3. The van der Waals surface area contributed by atoms with Gasteiger partial charge in [0.05, 0.1) is 10.1 Å². The summed E-state index contributed by atoms with van der Waals surface area (Å²) < 4.78 is 25.2. The van der Waals surface area contributed by atoms with Gasteiger partial charge in [0.25, 0.3) is 0 Å². The lowest BCUT2D eigenvalue weighted by atomic mass is 9.99. The topological polar surface area (TPSA) is 34.1 Å². The highest BCUT2D eigenvalue weighted by Gasteiger charge is 2.49. The van der Waals surface area contributed by atoms with E-state index in [4.69, 9.17) is 0 Å². The molecule has 3 rings (SSSR count). The van der Waals surface area contributed by atoms with Crippen molar-refractivity contribution in [2.45, 2.75) is 36.3 Å². The summed E-state index contributed by atoms with van der Waals surface area (Å²) in [6.45, 7) is 4.12. The molecule has 1 fully saturated rings. The summed E-state index contributed by atoms with van der Waals surface area (Å²) >= 11 is 0. The first kappa shape index (κ1) is 13.4. The third-order valence-electron chi connectivity index (χ3n) is 4.12. The average Bonchev–Trinajstić information content (AvgIpc) is 3.20. The van der Waals surface area contributed by atoms with Crippen LogP contribution in [0.15, 0.2) is 53.4 Å². The zero-order valence-corrected chi connectivity index (χ0v) is 12.5. The van der Waals surface area contributed by atoms with Crippen LogP contribution >= 0.6 is 0 Å². The van der Waals surface area contributed by atoms with Crippen molar-refractivity contribution < 1.29 is 8.42 Å². The van der Waals surface area contributed by atoms with Gasteiger partial charge in [-0.2, -0.15) is 0 Å². The Balaban J connectivity index is 1.94. The minimum atomic E-state index is -3.20. The monoisotopic (exact) mass is 286 g/mol. The van der Waals surface area contributed by atoms with Gasteiger partial charge in [-0.15, -0.1) is 0 Å². The summed E-state index contributed by atoms with van der Waals surface area (Å²) in [6, 6.07) is 14.9. The molecule has 0 heterocycles. The van der Waals surface area contributed by atoms with E-state index >= 15 is 0 Å². The highest BCUT2D eigenvalue weighted by Crippen LogP contribution is 2.49. The standard InChI is InChI=1S/C17H18O2S/c1-12-7-6-8-13(2)17(12)15-11-16(15)20(18,19)14-9-4-3-5-10-14/h3-10,15-16H,11H2,1-2H3. The lowest BCUT2D eigenvalue weighted by Gasteiger charge is -2.09. The Morgan fingerprint density at radius 3 is 2.10 bits per heavy atom. The Hall–Kier alpha value is -1.61. The summed E-state index contributed by atoms with van der Waals surface area (Å²) in [6.07, 6.45) is 0.739. The fourth-order valence-corrected chi connectivity index (χ4v) is 4.93. The van der Waals surface area contributed by atoms with Gasteiger partial charge < -0.3 is 0 Å². The van der Waals surface area contributed by atoms with Gasteiger partial charge in [0.2, 0.25) is 0 Å². The maximum Gasteiger partial charge on any atom is 0.181 e. The van der Waals surface area contributed by atoms with Crippen LogP contribution < -0.4 is 0 Å². The molecule has 1 aliphatic carbocycles. The molecule has 0 amide bonds. The molecule has 0 spiro atoms. The molecular formula is C17H18O2S. The predicted molar refractivity (Wildman–Crippen MR) is 80.7 cm³/mol. The first-order chi connectivity index (χ1) is 9.51. The number of aryl methyl sites for hydroxylation is 2. The molecule has 1 saturated carbocycles. The van der Waals surface area contributed by atoms with Gasteiger partial charge in [0.1, 0.15) is 0 Å². The fraction of sp³-hybridized carbons (Fsp3) is 0.294. The van der Waals surface area contributed by atoms with Crippen molar-refractivity contribution in [1.82, 2.24) is 0 Å². The molecule has 0 saturated heterocycles. The Morgan fingerprint density at radius 2 is 1.50 bits per heavy atom. The second-order valence-corrected chi connectivity index (χ2v) is 7.71. The lowest BCUT2D eigenvalue weighted by Crippen LogP contribution is -2.09. The van der Waals surface area contributed by atoms with Gasteiger partial charge >= 0.3 is 0 Å². The van der Waals surface area contributed by atoms with Gasteiger partial charge in [-0.05, 0) is 49.1 Å². The lowest BCUT2D eigenvalue weighted by molar-refractivity contribution is 0.594. The van der Waals surface area contributed by atoms with Crippen molar-refractivity contribution >= 4 is 9.84 Å². The second-order valence-electron chi connectivity index (χ2n) is 5.54. The van der Waals surface area contributed by atoms with Gasteiger partial charge in [0, 0.05) is 5.92 Å². The summed E-state index contributed by atoms with van der Waals surface area (Å²) in [5.74, 6) is 0.154. The molecule has 0 N–H and O–H groups in total. The summed E-state index contributed by atoms with van der Waals surface area (Å²) in [5.41, 5.74) is 3.61. The quantitative estimate of drug-likeness (QED) is 0.863. The highest BCUT2D eigenvalue weighted by atomic mass is 32.2. The molecule has 2 unspecified atom stereocenters. The Morgan fingerprint density at radius 1 is 0.900 bits per heavy atom. The second kappa shape index (κ2) is 4.74. The van der Waals surface area contributed by atoms with E-state index in [1.54, 1.807) is 24.3 Å². The molecular weight excluding hydrogens is 268 g/mol. The fourth-order valence-electron chi connectivity index (χ4n) is 3.02. The molecule has 2 aromatic rings. The minimum Gasteiger partial charge on any atom is -0.223 e. The van der Waals surface area contributed by atoms with Crippen molar-refractivity contribution in [3.63, 3.8) is 0 Å². The first-order valence-corrected chi connectivity index (χ1v) is 8.41. The molecule has 0 aromatic heterocycles. The van der Waals surface area contributed by atoms with Crippen molar-refractivity contribution in [2.24, 2.45) is 0 Å².